The molecule has 1 unspecified atom stereocenters. The lowest BCUT2D eigenvalue weighted by Gasteiger charge is -2.13. The molecule has 2 aromatic heterocycles. The van der Waals surface area contributed by atoms with Gasteiger partial charge in [-0.3, -0.25) is 24.5 Å². The van der Waals surface area contributed by atoms with E-state index in [9.17, 15) is 14.9 Å². The quantitative estimate of drug-likeness (QED) is 0.261. The lowest BCUT2D eigenvalue weighted by Crippen LogP contribution is -2.23. The standard InChI is InChI=1S/C19H18N6O3S/c1-3-11-24-17(14-7-9-20-10-8-14)22-23-19(24)29-13(2)18(26)21-15-5-4-6-16(12-15)25(27)28/h3-10,12-13H,1,11H2,2H3,(H,21,26). The number of nitrogens with zero attached hydrogens (tertiary/aromatic N) is 5. The second-order valence-electron chi connectivity index (χ2n) is 6.00. The van der Waals surface area contributed by atoms with Gasteiger partial charge in [0, 0.05) is 42.3 Å². The maximum absolute atomic E-state index is 12.6. The Morgan fingerprint density at radius 1 is 1.34 bits per heavy atom. The van der Waals surface area contributed by atoms with Crippen LogP contribution in [-0.2, 0) is 11.3 Å². The summed E-state index contributed by atoms with van der Waals surface area (Å²) < 4.78 is 1.87. The minimum absolute atomic E-state index is 0.0872. The van der Waals surface area contributed by atoms with Crippen LogP contribution in [0.25, 0.3) is 11.4 Å². The lowest BCUT2D eigenvalue weighted by atomic mass is 10.2. The number of nitro groups is 1. The second-order valence-corrected chi connectivity index (χ2v) is 7.31. The number of nitrogens with one attached hydrogen (secondary N) is 1. The lowest BCUT2D eigenvalue weighted by molar-refractivity contribution is -0.384. The van der Waals surface area contributed by atoms with Crippen LogP contribution in [0, 0.1) is 10.1 Å². The van der Waals surface area contributed by atoms with Crippen LogP contribution in [0.1, 0.15) is 6.92 Å². The summed E-state index contributed by atoms with van der Waals surface area (Å²) in [5.41, 5.74) is 1.13. The van der Waals surface area contributed by atoms with E-state index in [1.807, 2.05) is 16.7 Å². The molecule has 0 saturated heterocycles. The number of pyridine rings is 1. The van der Waals surface area contributed by atoms with Crippen LogP contribution in [-0.4, -0.2) is 35.8 Å². The van der Waals surface area contributed by atoms with E-state index in [2.05, 4.69) is 27.1 Å². The molecule has 3 rings (SSSR count). The van der Waals surface area contributed by atoms with Gasteiger partial charge in [-0.25, -0.2) is 0 Å². The second kappa shape index (κ2) is 9.11. The number of allylic oxidation sites excluding steroid dienone is 1. The normalized spacial score (nSPS) is 11.6. The van der Waals surface area contributed by atoms with Gasteiger partial charge >= 0.3 is 0 Å². The zero-order valence-corrected chi connectivity index (χ0v) is 16.4. The number of non-ortho nitro benzene ring substituents is 1. The molecule has 0 aliphatic rings. The molecule has 29 heavy (non-hydrogen) atoms. The topological polar surface area (TPSA) is 116 Å². The smallest absolute Gasteiger partial charge is 0.271 e. The van der Waals surface area contributed by atoms with E-state index in [0.29, 0.717) is 23.2 Å². The molecule has 2 heterocycles. The van der Waals surface area contributed by atoms with Gasteiger partial charge in [0.15, 0.2) is 11.0 Å². The molecule has 0 aliphatic carbocycles. The van der Waals surface area contributed by atoms with Gasteiger partial charge in [0.05, 0.1) is 10.2 Å². The summed E-state index contributed by atoms with van der Waals surface area (Å²) in [4.78, 5) is 26.9. The molecular formula is C19H18N6O3S. The average molecular weight is 410 g/mol. The summed E-state index contributed by atoms with van der Waals surface area (Å²) in [6.45, 7) is 5.98. The molecule has 0 fully saturated rings. The first kappa shape index (κ1) is 20.2. The van der Waals surface area contributed by atoms with Crippen molar-refractivity contribution in [3.8, 4) is 11.4 Å². The number of nitro benzene ring substituents is 1. The van der Waals surface area contributed by atoms with E-state index in [4.69, 9.17) is 0 Å². The first-order valence-electron chi connectivity index (χ1n) is 8.66. The fraction of sp³-hybridized carbons (Fsp3) is 0.158. The molecule has 0 bridgehead atoms. The predicted molar refractivity (Wildman–Crippen MR) is 110 cm³/mol. The molecule has 1 atom stereocenters. The highest BCUT2D eigenvalue weighted by Gasteiger charge is 2.21. The number of hydrogen-bond donors (Lipinski definition) is 1. The largest absolute Gasteiger partial charge is 0.325 e. The Balaban J connectivity index is 1.76. The molecule has 9 nitrogen and oxygen atoms in total. The van der Waals surface area contributed by atoms with E-state index in [1.165, 1.54) is 30.0 Å². The van der Waals surface area contributed by atoms with Gasteiger partial charge in [-0.15, -0.1) is 16.8 Å². The first-order chi connectivity index (χ1) is 14.0. The Hall–Kier alpha value is -3.53. The summed E-state index contributed by atoms with van der Waals surface area (Å²) in [5, 5.41) is 22.1. The van der Waals surface area contributed by atoms with Crippen LogP contribution in [0.4, 0.5) is 11.4 Å². The Bertz CT molecular complexity index is 1040. The van der Waals surface area contributed by atoms with Crippen molar-refractivity contribution in [1.29, 1.82) is 0 Å². The fourth-order valence-electron chi connectivity index (χ4n) is 2.54. The van der Waals surface area contributed by atoms with Crippen molar-refractivity contribution in [3.63, 3.8) is 0 Å². The third-order valence-electron chi connectivity index (χ3n) is 3.94. The van der Waals surface area contributed by atoms with Crippen LogP contribution >= 0.6 is 11.8 Å². The fourth-order valence-corrected chi connectivity index (χ4v) is 3.40. The van der Waals surface area contributed by atoms with Gasteiger partial charge in [0.2, 0.25) is 5.91 Å². The van der Waals surface area contributed by atoms with Crippen molar-refractivity contribution in [3.05, 3.63) is 71.6 Å². The number of rotatable bonds is 8. The zero-order chi connectivity index (χ0) is 20.8. The van der Waals surface area contributed by atoms with E-state index in [0.717, 1.165) is 5.56 Å². The van der Waals surface area contributed by atoms with Crippen molar-refractivity contribution in [2.45, 2.75) is 23.9 Å². The highest BCUT2D eigenvalue weighted by molar-refractivity contribution is 8.00. The van der Waals surface area contributed by atoms with Gasteiger partial charge in [-0.05, 0) is 25.1 Å². The molecule has 1 N–H and O–H groups in total. The number of anilines is 1. The minimum Gasteiger partial charge on any atom is -0.325 e. The van der Waals surface area contributed by atoms with Crippen LogP contribution in [0.2, 0.25) is 0 Å². The van der Waals surface area contributed by atoms with Crippen molar-refractivity contribution in [2.24, 2.45) is 0 Å². The SMILES string of the molecule is C=CCn1c(SC(C)C(=O)Nc2cccc([N+](=O)[O-])c2)nnc1-c1ccncc1. The molecule has 148 valence electrons. The van der Waals surface area contributed by atoms with Gasteiger partial charge in [-0.2, -0.15) is 0 Å². The highest BCUT2D eigenvalue weighted by Crippen LogP contribution is 2.27. The molecule has 0 saturated carbocycles. The number of aromatic nitrogens is 4. The molecule has 0 aliphatic heterocycles. The molecule has 3 aromatic rings. The maximum Gasteiger partial charge on any atom is 0.271 e. The summed E-state index contributed by atoms with van der Waals surface area (Å²) in [7, 11) is 0. The van der Waals surface area contributed by atoms with Crippen LogP contribution in [0.5, 0.6) is 0 Å². The van der Waals surface area contributed by atoms with Crippen LogP contribution in [0.3, 0.4) is 0 Å². The Morgan fingerprint density at radius 3 is 2.79 bits per heavy atom. The number of carbonyl (C=O) groups excluding carboxylic acids is 1. The number of hydrogen-bond acceptors (Lipinski definition) is 7. The molecular weight excluding hydrogens is 392 g/mol. The van der Waals surface area contributed by atoms with Gasteiger partial charge in [0.1, 0.15) is 0 Å². The number of thioether (sulfide) groups is 1. The molecule has 1 aromatic carbocycles. The maximum atomic E-state index is 12.6. The molecule has 1 amide bonds. The van der Waals surface area contributed by atoms with Gasteiger partial charge in [0.25, 0.3) is 5.69 Å². The molecule has 0 radical (unpaired) electrons. The van der Waals surface area contributed by atoms with Crippen molar-refractivity contribution in [1.82, 2.24) is 19.7 Å². The number of benzene rings is 1. The van der Waals surface area contributed by atoms with Gasteiger partial charge in [-0.1, -0.05) is 23.9 Å². The summed E-state index contributed by atoms with van der Waals surface area (Å²) >= 11 is 1.24. The predicted octanol–water partition coefficient (Wildman–Crippen LogP) is 3.55. The van der Waals surface area contributed by atoms with Crippen molar-refractivity contribution in [2.75, 3.05) is 5.32 Å². The summed E-state index contributed by atoms with van der Waals surface area (Å²) in [6, 6.07) is 9.47. The average Bonchev–Trinajstić information content (AvgIpc) is 3.11. The van der Waals surface area contributed by atoms with E-state index in [-0.39, 0.29) is 11.6 Å². The zero-order valence-electron chi connectivity index (χ0n) is 15.6. The summed E-state index contributed by atoms with van der Waals surface area (Å²) in [5.74, 6) is 0.357. The Labute approximate surface area is 171 Å². The van der Waals surface area contributed by atoms with Crippen molar-refractivity contribution >= 4 is 29.0 Å². The van der Waals surface area contributed by atoms with Gasteiger partial charge < -0.3 is 5.32 Å². The Morgan fingerprint density at radius 2 is 2.10 bits per heavy atom. The molecule has 0 spiro atoms. The van der Waals surface area contributed by atoms with E-state index in [1.54, 1.807) is 31.5 Å². The third kappa shape index (κ3) is 4.85. The summed E-state index contributed by atoms with van der Waals surface area (Å²) in [6.07, 6.45) is 5.07. The number of amides is 1. The van der Waals surface area contributed by atoms with Crippen molar-refractivity contribution < 1.29 is 9.72 Å². The van der Waals surface area contributed by atoms with E-state index >= 15 is 0 Å². The third-order valence-corrected chi connectivity index (χ3v) is 5.02. The van der Waals surface area contributed by atoms with E-state index < -0.39 is 10.2 Å². The monoisotopic (exact) mass is 410 g/mol. The molecule has 10 heteroatoms. The van der Waals surface area contributed by atoms with Crippen LogP contribution < -0.4 is 5.32 Å². The Kier molecular flexibility index (Phi) is 6.35. The number of carbonyl (C=O) groups is 1. The first-order valence-corrected chi connectivity index (χ1v) is 9.54. The highest BCUT2D eigenvalue weighted by atomic mass is 32.2. The minimum atomic E-state index is -0.508. The van der Waals surface area contributed by atoms with Crippen LogP contribution in [0.15, 0.2) is 66.6 Å².